The third-order valence-corrected chi connectivity index (χ3v) is 3.04. The zero-order valence-electron chi connectivity index (χ0n) is 12.4. The minimum atomic E-state index is 0.0452. The van der Waals surface area contributed by atoms with E-state index in [0.717, 1.165) is 11.5 Å². The van der Waals surface area contributed by atoms with Crippen molar-refractivity contribution in [2.24, 2.45) is 0 Å². The highest BCUT2D eigenvalue weighted by atomic mass is 16.5. The van der Waals surface area contributed by atoms with Crippen molar-refractivity contribution in [3.05, 3.63) is 42.0 Å². The summed E-state index contributed by atoms with van der Waals surface area (Å²) in [6.45, 7) is 5.99. The fourth-order valence-electron chi connectivity index (χ4n) is 2.01. The largest absolute Gasteiger partial charge is 0.473 e. The fourth-order valence-corrected chi connectivity index (χ4v) is 2.01. The molecule has 4 nitrogen and oxygen atoms in total. The van der Waals surface area contributed by atoms with E-state index in [2.05, 4.69) is 24.0 Å². The van der Waals surface area contributed by atoms with Crippen molar-refractivity contribution in [3.8, 4) is 5.88 Å². The molecule has 20 heavy (non-hydrogen) atoms. The number of nitrogens with two attached hydrogens (primary N) is 1. The topological polar surface area (TPSA) is 51.4 Å². The average molecular weight is 271 g/mol. The summed E-state index contributed by atoms with van der Waals surface area (Å²) in [4.78, 5) is 6.54. The van der Waals surface area contributed by atoms with Crippen molar-refractivity contribution in [3.63, 3.8) is 0 Å². The molecule has 0 aliphatic rings. The van der Waals surface area contributed by atoms with E-state index in [1.54, 1.807) is 0 Å². The van der Waals surface area contributed by atoms with Gasteiger partial charge in [0.25, 0.3) is 0 Å². The number of benzene rings is 1. The van der Waals surface area contributed by atoms with Crippen LogP contribution in [-0.2, 0) is 0 Å². The number of anilines is 3. The molecule has 0 atom stereocenters. The van der Waals surface area contributed by atoms with E-state index < -0.39 is 0 Å². The highest BCUT2D eigenvalue weighted by Crippen LogP contribution is 2.29. The summed E-state index contributed by atoms with van der Waals surface area (Å²) in [7, 11) is 1.99. The molecule has 0 bridgehead atoms. The van der Waals surface area contributed by atoms with Crippen LogP contribution in [0.3, 0.4) is 0 Å². The van der Waals surface area contributed by atoms with Gasteiger partial charge in [0.05, 0.1) is 11.8 Å². The Kier molecular flexibility index (Phi) is 4.13. The highest BCUT2D eigenvalue weighted by molar-refractivity contribution is 5.65. The number of hydrogen-bond acceptors (Lipinski definition) is 4. The lowest BCUT2D eigenvalue weighted by Gasteiger charge is -2.21. The SMILES string of the molecule is Cc1ccccc1N(C)c1ccc(N)c(OC(C)C)n1. The van der Waals surface area contributed by atoms with Gasteiger partial charge < -0.3 is 15.4 Å². The van der Waals surface area contributed by atoms with Gasteiger partial charge in [-0.05, 0) is 44.5 Å². The number of nitrogens with zero attached hydrogens (tertiary/aromatic N) is 2. The zero-order chi connectivity index (χ0) is 14.7. The number of para-hydroxylation sites is 1. The van der Waals surface area contributed by atoms with Crippen molar-refractivity contribution >= 4 is 17.2 Å². The predicted molar refractivity (Wildman–Crippen MR) is 83.7 cm³/mol. The molecule has 1 heterocycles. The van der Waals surface area contributed by atoms with E-state index in [9.17, 15) is 0 Å². The summed E-state index contributed by atoms with van der Waals surface area (Å²) in [5.41, 5.74) is 8.76. The Hall–Kier alpha value is -2.23. The van der Waals surface area contributed by atoms with Crippen molar-refractivity contribution in [1.82, 2.24) is 4.98 Å². The first-order valence-corrected chi connectivity index (χ1v) is 6.71. The second kappa shape index (κ2) is 5.82. The molecule has 106 valence electrons. The maximum atomic E-state index is 5.90. The zero-order valence-corrected chi connectivity index (χ0v) is 12.4. The smallest absolute Gasteiger partial charge is 0.239 e. The number of ether oxygens (including phenoxy) is 1. The van der Waals surface area contributed by atoms with Gasteiger partial charge in [-0.15, -0.1) is 0 Å². The molecule has 0 saturated carbocycles. The first-order valence-electron chi connectivity index (χ1n) is 6.71. The molecule has 0 aliphatic heterocycles. The lowest BCUT2D eigenvalue weighted by Crippen LogP contribution is -2.15. The minimum Gasteiger partial charge on any atom is -0.473 e. The van der Waals surface area contributed by atoms with E-state index in [0.29, 0.717) is 11.6 Å². The lowest BCUT2D eigenvalue weighted by atomic mass is 10.2. The third kappa shape index (κ3) is 3.02. The van der Waals surface area contributed by atoms with Gasteiger partial charge in [0.2, 0.25) is 5.88 Å². The standard InChI is InChI=1S/C16H21N3O/c1-11(2)20-16-13(17)9-10-15(18-16)19(4)14-8-6-5-7-12(14)3/h5-11H,17H2,1-4H3. The van der Waals surface area contributed by atoms with Crippen LogP contribution in [0.5, 0.6) is 5.88 Å². The number of aryl methyl sites for hydroxylation is 1. The molecule has 1 aromatic carbocycles. The van der Waals surface area contributed by atoms with Crippen LogP contribution >= 0.6 is 0 Å². The molecule has 0 saturated heterocycles. The Labute approximate surface area is 120 Å². The van der Waals surface area contributed by atoms with Gasteiger partial charge in [-0.25, -0.2) is 0 Å². The van der Waals surface area contributed by atoms with Gasteiger partial charge in [-0.1, -0.05) is 18.2 Å². The van der Waals surface area contributed by atoms with Gasteiger partial charge in [-0.3, -0.25) is 0 Å². The summed E-state index contributed by atoms with van der Waals surface area (Å²) >= 11 is 0. The van der Waals surface area contributed by atoms with Gasteiger partial charge in [0.15, 0.2) is 0 Å². The summed E-state index contributed by atoms with van der Waals surface area (Å²) < 4.78 is 5.64. The summed E-state index contributed by atoms with van der Waals surface area (Å²) in [5.74, 6) is 1.29. The Bertz CT molecular complexity index is 596. The fraction of sp³-hybridized carbons (Fsp3) is 0.312. The highest BCUT2D eigenvalue weighted by Gasteiger charge is 2.11. The first kappa shape index (κ1) is 14.2. The first-order chi connectivity index (χ1) is 9.49. The van der Waals surface area contributed by atoms with Crippen LogP contribution in [0.25, 0.3) is 0 Å². The van der Waals surface area contributed by atoms with Gasteiger partial charge in [0, 0.05) is 12.7 Å². The van der Waals surface area contributed by atoms with Crippen molar-refractivity contribution in [2.75, 3.05) is 17.7 Å². The average Bonchev–Trinajstić information content (AvgIpc) is 2.40. The summed E-state index contributed by atoms with van der Waals surface area (Å²) in [6.07, 6.45) is 0.0452. The Morgan fingerprint density at radius 1 is 1.15 bits per heavy atom. The minimum absolute atomic E-state index is 0.0452. The number of aromatic nitrogens is 1. The molecule has 0 amide bonds. The molecule has 2 N–H and O–H groups in total. The number of rotatable bonds is 4. The molecule has 2 rings (SSSR count). The Morgan fingerprint density at radius 3 is 2.50 bits per heavy atom. The van der Waals surface area contributed by atoms with E-state index >= 15 is 0 Å². The molecular formula is C16H21N3O. The number of nitrogen functional groups attached to an aromatic ring is 1. The van der Waals surface area contributed by atoms with Gasteiger partial charge in [-0.2, -0.15) is 4.98 Å². The molecule has 2 aromatic rings. The monoisotopic (exact) mass is 271 g/mol. The second-order valence-corrected chi connectivity index (χ2v) is 5.08. The number of pyridine rings is 1. The summed E-state index contributed by atoms with van der Waals surface area (Å²) in [5, 5.41) is 0. The molecular weight excluding hydrogens is 250 g/mol. The van der Waals surface area contributed by atoms with E-state index in [1.807, 2.05) is 50.1 Å². The van der Waals surface area contributed by atoms with Crippen LogP contribution in [0.4, 0.5) is 17.2 Å². The summed E-state index contributed by atoms with van der Waals surface area (Å²) in [6, 6.07) is 11.9. The number of hydrogen-bond donors (Lipinski definition) is 1. The van der Waals surface area contributed by atoms with Crippen molar-refractivity contribution < 1.29 is 4.74 Å². The molecule has 0 radical (unpaired) electrons. The maximum absolute atomic E-state index is 5.90. The van der Waals surface area contributed by atoms with Crippen molar-refractivity contribution in [1.29, 1.82) is 0 Å². The maximum Gasteiger partial charge on any atom is 0.239 e. The van der Waals surface area contributed by atoms with E-state index in [4.69, 9.17) is 10.5 Å². The van der Waals surface area contributed by atoms with E-state index in [1.165, 1.54) is 5.56 Å². The second-order valence-electron chi connectivity index (χ2n) is 5.08. The van der Waals surface area contributed by atoms with Gasteiger partial charge in [0.1, 0.15) is 5.82 Å². The Morgan fingerprint density at radius 2 is 1.85 bits per heavy atom. The molecule has 4 heteroatoms. The Balaban J connectivity index is 2.35. The predicted octanol–water partition coefficient (Wildman–Crippen LogP) is 3.53. The molecule has 1 aromatic heterocycles. The third-order valence-electron chi connectivity index (χ3n) is 3.04. The quantitative estimate of drug-likeness (QED) is 0.924. The van der Waals surface area contributed by atoms with Crippen LogP contribution in [0.2, 0.25) is 0 Å². The van der Waals surface area contributed by atoms with Crippen LogP contribution in [-0.4, -0.2) is 18.1 Å². The van der Waals surface area contributed by atoms with Crippen LogP contribution in [0.1, 0.15) is 19.4 Å². The van der Waals surface area contributed by atoms with E-state index in [-0.39, 0.29) is 6.10 Å². The normalized spacial score (nSPS) is 10.7. The molecule has 0 fully saturated rings. The molecule has 0 spiro atoms. The van der Waals surface area contributed by atoms with Crippen LogP contribution in [0, 0.1) is 6.92 Å². The molecule has 0 unspecified atom stereocenters. The molecule has 0 aliphatic carbocycles. The lowest BCUT2D eigenvalue weighted by molar-refractivity contribution is 0.234. The van der Waals surface area contributed by atoms with Gasteiger partial charge >= 0.3 is 0 Å². The van der Waals surface area contributed by atoms with Crippen LogP contribution in [0.15, 0.2) is 36.4 Å². The van der Waals surface area contributed by atoms with Crippen LogP contribution < -0.4 is 15.4 Å². The van der Waals surface area contributed by atoms with Crippen molar-refractivity contribution in [2.45, 2.75) is 26.9 Å².